The van der Waals surface area contributed by atoms with E-state index >= 15 is 0 Å². The number of halogens is 4. The summed E-state index contributed by atoms with van der Waals surface area (Å²) in [6.07, 6.45) is -3.36. The molecule has 0 unspecified atom stereocenters. The van der Waals surface area contributed by atoms with Crippen molar-refractivity contribution in [2.24, 2.45) is 9.98 Å². The molecule has 1 heterocycles. The standard InChI is InChI=1S/C24H22F4N4O5S/c1-29-18(12-20(30-2)15-4-7-19(8-5-15)37-24(26,27)28)13-31-22(33)14-32(3)38(34,35)23-11-16-10-17(25)6-9-21(16)36-23/h4-12H,1,13-14H2,2-3H3,(H,31,33)/b18-12-,30-20?. The van der Waals surface area contributed by atoms with Crippen molar-refractivity contribution in [3.63, 3.8) is 0 Å². The van der Waals surface area contributed by atoms with Gasteiger partial charge >= 0.3 is 6.36 Å². The average molecular weight is 555 g/mol. The van der Waals surface area contributed by atoms with E-state index in [1.54, 1.807) is 0 Å². The van der Waals surface area contributed by atoms with E-state index in [0.29, 0.717) is 11.3 Å². The Morgan fingerprint density at radius 3 is 2.47 bits per heavy atom. The summed E-state index contributed by atoms with van der Waals surface area (Å²) in [6.45, 7) is 2.72. The minimum Gasteiger partial charge on any atom is -0.443 e. The van der Waals surface area contributed by atoms with E-state index in [9.17, 15) is 30.8 Å². The second kappa shape index (κ2) is 11.6. The quantitative estimate of drug-likeness (QED) is 0.302. The molecule has 2 aromatic carbocycles. The first-order valence-electron chi connectivity index (χ1n) is 10.7. The zero-order chi connectivity index (χ0) is 28.1. The summed E-state index contributed by atoms with van der Waals surface area (Å²) in [4.78, 5) is 20.3. The highest BCUT2D eigenvalue weighted by molar-refractivity contribution is 7.89. The molecule has 0 aliphatic carbocycles. The molecule has 3 aromatic rings. The Labute approximate surface area is 215 Å². The highest BCUT2D eigenvalue weighted by Crippen LogP contribution is 2.25. The molecule has 0 atom stereocenters. The van der Waals surface area contributed by atoms with Crippen molar-refractivity contribution in [1.29, 1.82) is 0 Å². The van der Waals surface area contributed by atoms with Crippen LogP contribution in [0.5, 0.6) is 5.75 Å². The number of carbonyl (C=O) groups is 1. The number of benzene rings is 2. The molecule has 0 aliphatic heterocycles. The van der Waals surface area contributed by atoms with Crippen LogP contribution in [0.2, 0.25) is 0 Å². The number of likely N-dealkylation sites (N-methyl/N-ethyl adjacent to an activating group) is 1. The van der Waals surface area contributed by atoms with E-state index in [1.165, 1.54) is 38.4 Å². The fourth-order valence-corrected chi connectivity index (χ4v) is 4.28. The molecule has 1 aromatic heterocycles. The molecule has 38 heavy (non-hydrogen) atoms. The predicted molar refractivity (Wildman–Crippen MR) is 132 cm³/mol. The van der Waals surface area contributed by atoms with Crippen molar-refractivity contribution >= 4 is 39.3 Å². The van der Waals surface area contributed by atoms with Crippen molar-refractivity contribution < 1.29 is 39.9 Å². The summed E-state index contributed by atoms with van der Waals surface area (Å²) in [7, 11) is -1.56. The largest absolute Gasteiger partial charge is 0.573 e. The Kier molecular flexibility index (Phi) is 8.68. The number of carbonyl (C=O) groups excluding carboxylic acids is 1. The molecule has 3 rings (SSSR count). The zero-order valence-corrected chi connectivity index (χ0v) is 20.9. The Morgan fingerprint density at radius 2 is 1.87 bits per heavy atom. The zero-order valence-electron chi connectivity index (χ0n) is 20.1. The fourth-order valence-electron chi connectivity index (χ4n) is 3.22. The van der Waals surface area contributed by atoms with Crippen LogP contribution in [0.1, 0.15) is 5.56 Å². The van der Waals surface area contributed by atoms with Gasteiger partial charge < -0.3 is 14.5 Å². The number of rotatable bonds is 10. The van der Waals surface area contributed by atoms with Gasteiger partial charge in [0, 0.05) is 25.5 Å². The molecular weight excluding hydrogens is 532 g/mol. The van der Waals surface area contributed by atoms with Gasteiger partial charge in [-0.05, 0) is 60.8 Å². The molecule has 0 spiro atoms. The van der Waals surface area contributed by atoms with E-state index in [0.717, 1.165) is 34.6 Å². The number of hydrogen-bond acceptors (Lipinski definition) is 7. The van der Waals surface area contributed by atoms with Gasteiger partial charge in [0.25, 0.3) is 10.0 Å². The summed E-state index contributed by atoms with van der Waals surface area (Å²) in [5.74, 6) is -1.63. The highest BCUT2D eigenvalue weighted by atomic mass is 32.2. The molecule has 0 saturated heterocycles. The van der Waals surface area contributed by atoms with Crippen LogP contribution in [-0.2, 0) is 14.8 Å². The van der Waals surface area contributed by atoms with Crippen molar-refractivity contribution in [2.45, 2.75) is 11.5 Å². The van der Waals surface area contributed by atoms with E-state index in [1.807, 2.05) is 0 Å². The summed E-state index contributed by atoms with van der Waals surface area (Å²) < 4.78 is 86.0. The SMILES string of the molecule is C=N/C(=C\C(=NC)c1ccc(OC(F)(F)F)cc1)CNC(=O)CN(C)S(=O)(=O)c1cc2cc(F)ccc2o1. The van der Waals surface area contributed by atoms with Gasteiger partial charge in [0.1, 0.15) is 17.1 Å². The Morgan fingerprint density at radius 1 is 1.18 bits per heavy atom. The third-order valence-corrected chi connectivity index (χ3v) is 6.74. The van der Waals surface area contributed by atoms with Crippen LogP contribution in [-0.4, -0.2) is 64.6 Å². The van der Waals surface area contributed by atoms with Gasteiger partial charge in [0.05, 0.1) is 24.5 Å². The lowest BCUT2D eigenvalue weighted by atomic mass is 10.1. The number of sulfonamides is 1. The van der Waals surface area contributed by atoms with E-state index < -0.39 is 45.5 Å². The number of ether oxygens (including phenoxy) is 1. The van der Waals surface area contributed by atoms with E-state index in [2.05, 4.69) is 26.8 Å². The fraction of sp³-hybridized carbons (Fsp3) is 0.208. The molecule has 14 heteroatoms. The minimum atomic E-state index is -4.82. The minimum absolute atomic E-state index is 0.144. The number of amides is 1. The molecule has 0 fully saturated rings. The Hall–Kier alpha value is -4.04. The maximum absolute atomic E-state index is 13.4. The first-order chi connectivity index (χ1) is 17.8. The first kappa shape index (κ1) is 28.5. The topological polar surface area (TPSA) is 114 Å². The molecule has 1 N–H and O–H groups in total. The summed E-state index contributed by atoms with van der Waals surface area (Å²) in [5.41, 5.74) is 1.21. The van der Waals surface area contributed by atoms with Crippen LogP contribution >= 0.6 is 0 Å². The second-order valence-electron chi connectivity index (χ2n) is 7.76. The Bertz CT molecular complexity index is 1500. The van der Waals surface area contributed by atoms with Gasteiger partial charge in [-0.1, -0.05) is 0 Å². The van der Waals surface area contributed by atoms with Crippen molar-refractivity contribution in [1.82, 2.24) is 9.62 Å². The number of nitrogens with one attached hydrogen (secondary N) is 1. The molecule has 0 aliphatic rings. The molecule has 1 amide bonds. The van der Waals surface area contributed by atoms with Gasteiger partial charge in [-0.2, -0.15) is 4.31 Å². The van der Waals surface area contributed by atoms with Crippen LogP contribution < -0.4 is 10.1 Å². The van der Waals surface area contributed by atoms with Crippen molar-refractivity contribution in [2.75, 3.05) is 27.2 Å². The normalized spacial score (nSPS) is 13.1. The second-order valence-corrected chi connectivity index (χ2v) is 9.74. The number of furan rings is 1. The van der Waals surface area contributed by atoms with Crippen molar-refractivity contribution in [3.8, 4) is 5.75 Å². The van der Waals surface area contributed by atoms with Gasteiger partial charge in [-0.15, -0.1) is 13.2 Å². The third kappa shape index (κ3) is 7.26. The Balaban J connectivity index is 1.64. The number of nitrogens with zero attached hydrogens (tertiary/aromatic N) is 3. The molecule has 0 saturated carbocycles. The number of fused-ring (bicyclic) bond motifs is 1. The van der Waals surface area contributed by atoms with Crippen LogP contribution in [0.4, 0.5) is 17.6 Å². The predicted octanol–water partition coefficient (Wildman–Crippen LogP) is 3.91. The molecule has 9 nitrogen and oxygen atoms in total. The van der Waals surface area contributed by atoms with Gasteiger partial charge in [0.15, 0.2) is 0 Å². The number of aliphatic imine (C=N–C) groups is 2. The van der Waals surface area contributed by atoms with Crippen LogP contribution in [0.15, 0.2) is 79.8 Å². The molecular formula is C24H22F4N4O5S. The van der Waals surface area contributed by atoms with Crippen LogP contribution in [0.3, 0.4) is 0 Å². The van der Waals surface area contributed by atoms with E-state index in [4.69, 9.17) is 4.42 Å². The molecule has 0 radical (unpaired) electrons. The van der Waals surface area contributed by atoms with E-state index in [-0.39, 0.29) is 23.2 Å². The van der Waals surface area contributed by atoms with Crippen LogP contribution in [0, 0.1) is 5.82 Å². The monoisotopic (exact) mass is 554 g/mol. The summed E-state index contributed by atoms with van der Waals surface area (Å²) in [5, 5.41) is 2.32. The molecule has 0 bridgehead atoms. The smallest absolute Gasteiger partial charge is 0.443 e. The highest BCUT2D eigenvalue weighted by Gasteiger charge is 2.31. The maximum atomic E-state index is 13.4. The first-order valence-corrected chi connectivity index (χ1v) is 12.2. The lowest BCUT2D eigenvalue weighted by Gasteiger charge is -2.15. The molecule has 202 valence electrons. The van der Waals surface area contributed by atoms with Gasteiger partial charge in [-0.25, -0.2) is 12.8 Å². The number of alkyl halides is 3. The van der Waals surface area contributed by atoms with Crippen molar-refractivity contribution in [3.05, 3.63) is 71.7 Å². The lowest BCUT2D eigenvalue weighted by molar-refractivity contribution is -0.274. The summed E-state index contributed by atoms with van der Waals surface area (Å²) in [6, 6.07) is 9.70. The lowest BCUT2D eigenvalue weighted by Crippen LogP contribution is -2.38. The van der Waals surface area contributed by atoms with Gasteiger partial charge in [-0.3, -0.25) is 14.8 Å². The van der Waals surface area contributed by atoms with Gasteiger partial charge in [0.2, 0.25) is 11.0 Å². The summed E-state index contributed by atoms with van der Waals surface area (Å²) >= 11 is 0. The number of allylic oxidation sites excluding steroid dienone is 1. The maximum Gasteiger partial charge on any atom is 0.573 e. The third-order valence-electron chi connectivity index (χ3n) is 5.08. The average Bonchev–Trinajstić information content (AvgIpc) is 3.28. The number of hydrogen-bond donors (Lipinski definition) is 1. The van der Waals surface area contributed by atoms with Crippen LogP contribution in [0.25, 0.3) is 11.0 Å².